The quantitative estimate of drug-likeness (QED) is 0.553. The molecule has 0 aromatic heterocycles. The van der Waals surface area contributed by atoms with Crippen molar-refractivity contribution >= 4 is 49.1 Å². The molecule has 3 N–H and O–H groups in total. The van der Waals surface area contributed by atoms with Gasteiger partial charge in [0, 0.05) is 20.2 Å². The monoisotopic (exact) mass is 422 g/mol. The van der Waals surface area contributed by atoms with Gasteiger partial charge in [-0.05, 0) is 56.1 Å². The summed E-state index contributed by atoms with van der Waals surface area (Å²) in [5.41, 5.74) is 6.05. The molecule has 110 valence electrons. The summed E-state index contributed by atoms with van der Waals surface area (Å²) in [4.78, 5) is 12.0. The van der Waals surface area contributed by atoms with E-state index in [0.717, 1.165) is 0 Å². The van der Waals surface area contributed by atoms with Gasteiger partial charge < -0.3 is 11.1 Å². The van der Waals surface area contributed by atoms with Crippen LogP contribution in [0.4, 0.5) is 24.5 Å². The molecule has 2 aromatic rings. The topological polar surface area (TPSA) is 55.1 Å². The number of hydrogen-bond donors (Lipinski definition) is 2. The van der Waals surface area contributed by atoms with Gasteiger partial charge in [0.05, 0.1) is 5.69 Å². The molecule has 0 aliphatic rings. The summed E-state index contributed by atoms with van der Waals surface area (Å²) in [6.45, 7) is 0. The van der Waals surface area contributed by atoms with Gasteiger partial charge >= 0.3 is 0 Å². The maximum absolute atomic E-state index is 13.1. The van der Waals surface area contributed by atoms with Crippen molar-refractivity contribution in [2.75, 3.05) is 11.1 Å². The fourth-order valence-corrected chi connectivity index (χ4v) is 3.00. The molecule has 0 aliphatic heterocycles. The normalized spacial score (nSPS) is 10.5. The van der Waals surface area contributed by atoms with E-state index in [-0.39, 0.29) is 5.56 Å². The average molecular weight is 424 g/mol. The summed E-state index contributed by atoms with van der Waals surface area (Å²) in [6, 6.07) is 4.33. The maximum atomic E-state index is 13.1. The smallest absolute Gasteiger partial charge is 0.255 e. The van der Waals surface area contributed by atoms with Crippen LogP contribution in [0.2, 0.25) is 0 Å². The van der Waals surface area contributed by atoms with E-state index in [1.165, 1.54) is 0 Å². The highest BCUT2D eigenvalue weighted by Gasteiger charge is 2.17. The Labute approximate surface area is 134 Å². The Kier molecular flexibility index (Phi) is 4.58. The Morgan fingerprint density at radius 2 is 1.48 bits per heavy atom. The van der Waals surface area contributed by atoms with E-state index in [0.29, 0.717) is 32.5 Å². The van der Waals surface area contributed by atoms with E-state index in [9.17, 15) is 18.0 Å². The molecule has 0 atom stereocenters. The van der Waals surface area contributed by atoms with Crippen molar-refractivity contribution in [1.29, 1.82) is 0 Å². The molecule has 0 saturated heterocycles. The lowest BCUT2D eigenvalue weighted by Gasteiger charge is -2.11. The van der Waals surface area contributed by atoms with Crippen LogP contribution >= 0.6 is 31.9 Å². The highest BCUT2D eigenvalue weighted by molar-refractivity contribution is 9.11. The fraction of sp³-hybridized carbons (Fsp3) is 0. The van der Waals surface area contributed by atoms with Gasteiger partial charge in [0.25, 0.3) is 5.91 Å². The number of anilines is 2. The molecule has 0 aliphatic carbocycles. The zero-order chi connectivity index (χ0) is 15.7. The van der Waals surface area contributed by atoms with Gasteiger partial charge in [0.15, 0.2) is 17.5 Å². The minimum absolute atomic E-state index is 0.333. The van der Waals surface area contributed by atoms with Crippen LogP contribution in [0.25, 0.3) is 0 Å². The third-order valence-corrected chi connectivity index (χ3v) is 3.80. The molecule has 21 heavy (non-hydrogen) atoms. The van der Waals surface area contributed by atoms with E-state index in [4.69, 9.17) is 5.73 Å². The summed E-state index contributed by atoms with van der Waals surface area (Å²) in [6.07, 6.45) is 0. The van der Waals surface area contributed by atoms with Crippen LogP contribution in [-0.4, -0.2) is 5.91 Å². The second-order valence-corrected chi connectivity index (χ2v) is 5.78. The largest absolute Gasteiger partial charge is 0.399 e. The Balaban J connectivity index is 2.35. The molecular formula is C13H7Br2F3N2O. The SMILES string of the molecule is Nc1cc(Br)c(NC(=O)c2cc(F)c(F)c(F)c2)c(Br)c1. The molecule has 2 rings (SSSR count). The number of nitrogens with one attached hydrogen (secondary N) is 1. The highest BCUT2D eigenvalue weighted by atomic mass is 79.9. The van der Waals surface area contributed by atoms with Crippen molar-refractivity contribution < 1.29 is 18.0 Å². The lowest BCUT2D eigenvalue weighted by Crippen LogP contribution is -2.14. The Bertz CT molecular complexity index is 691. The van der Waals surface area contributed by atoms with E-state index >= 15 is 0 Å². The van der Waals surface area contributed by atoms with Gasteiger partial charge in [-0.15, -0.1) is 0 Å². The number of carbonyl (C=O) groups excluding carboxylic acids is 1. The van der Waals surface area contributed by atoms with Crippen LogP contribution in [0.1, 0.15) is 10.4 Å². The molecular weight excluding hydrogens is 417 g/mol. The molecule has 0 unspecified atom stereocenters. The molecule has 0 radical (unpaired) electrons. The van der Waals surface area contributed by atoms with E-state index < -0.39 is 23.4 Å². The average Bonchev–Trinajstić information content (AvgIpc) is 2.39. The predicted octanol–water partition coefficient (Wildman–Crippen LogP) is 4.46. The molecule has 8 heteroatoms. The summed E-state index contributed by atoms with van der Waals surface area (Å²) >= 11 is 6.41. The summed E-state index contributed by atoms with van der Waals surface area (Å²) < 4.78 is 40.1. The molecule has 0 saturated carbocycles. The standard InChI is InChI=1S/C13H7Br2F3N2O/c14-7-3-6(19)4-8(15)12(7)20-13(21)5-1-9(16)11(18)10(17)2-5/h1-4H,19H2,(H,20,21). The second-order valence-electron chi connectivity index (χ2n) is 4.07. The molecule has 2 aromatic carbocycles. The Hall–Kier alpha value is -1.54. The third-order valence-electron chi connectivity index (χ3n) is 2.55. The van der Waals surface area contributed by atoms with E-state index in [1.54, 1.807) is 12.1 Å². The summed E-state index contributed by atoms with van der Waals surface area (Å²) in [7, 11) is 0. The van der Waals surface area contributed by atoms with Crippen LogP contribution < -0.4 is 11.1 Å². The first-order valence-corrected chi connectivity index (χ1v) is 7.08. The number of halogens is 5. The van der Waals surface area contributed by atoms with Crippen molar-refractivity contribution in [2.24, 2.45) is 0 Å². The third kappa shape index (κ3) is 3.38. The molecule has 0 bridgehead atoms. The van der Waals surface area contributed by atoms with E-state index in [1.807, 2.05) is 0 Å². The van der Waals surface area contributed by atoms with Crippen LogP contribution in [0.3, 0.4) is 0 Å². The summed E-state index contributed by atoms with van der Waals surface area (Å²) in [5, 5.41) is 2.45. The minimum Gasteiger partial charge on any atom is -0.399 e. The first-order chi connectivity index (χ1) is 9.79. The number of benzene rings is 2. The fourth-order valence-electron chi connectivity index (χ4n) is 1.58. The Morgan fingerprint density at radius 3 is 1.95 bits per heavy atom. The number of carbonyl (C=O) groups is 1. The zero-order valence-corrected chi connectivity index (χ0v) is 13.4. The first kappa shape index (κ1) is 15.8. The lowest BCUT2D eigenvalue weighted by molar-refractivity contribution is 0.102. The molecule has 1 amide bonds. The van der Waals surface area contributed by atoms with Crippen LogP contribution in [-0.2, 0) is 0 Å². The number of hydrogen-bond acceptors (Lipinski definition) is 2. The van der Waals surface area contributed by atoms with Gasteiger partial charge in [-0.3, -0.25) is 4.79 Å². The second kappa shape index (κ2) is 6.07. The lowest BCUT2D eigenvalue weighted by atomic mass is 10.2. The van der Waals surface area contributed by atoms with E-state index in [2.05, 4.69) is 37.2 Å². The van der Waals surface area contributed by atoms with Crippen molar-refractivity contribution in [3.63, 3.8) is 0 Å². The van der Waals surface area contributed by atoms with Gasteiger partial charge in [-0.1, -0.05) is 0 Å². The molecule has 0 spiro atoms. The first-order valence-electron chi connectivity index (χ1n) is 5.50. The van der Waals surface area contributed by atoms with Gasteiger partial charge in [-0.25, -0.2) is 13.2 Å². The van der Waals surface area contributed by atoms with Crippen molar-refractivity contribution in [1.82, 2.24) is 0 Å². The van der Waals surface area contributed by atoms with Crippen molar-refractivity contribution in [2.45, 2.75) is 0 Å². The number of nitrogen functional groups attached to an aromatic ring is 1. The van der Waals surface area contributed by atoms with Crippen LogP contribution in [0, 0.1) is 17.5 Å². The van der Waals surface area contributed by atoms with Gasteiger partial charge in [0.1, 0.15) is 0 Å². The zero-order valence-electron chi connectivity index (χ0n) is 10.2. The number of amides is 1. The minimum atomic E-state index is -1.62. The predicted molar refractivity (Wildman–Crippen MR) is 80.5 cm³/mol. The number of nitrogens with two attached hydrogens (primary N) is 1. The summed E-state index contributed by atoms with van der Waals surface area (Å²) in [5.74, 6) is -5.29. The highest BCUT2D eigenvalue weighted by Crippen LogP contribution is 2.33. The van der Waals surface area contributed by atoms with Crippen molar-refractivity contribution in [3.8, 4) is 0 Å². The van der Waals surface area contributed by atoms with Gasteiger partial charge in [-0.2, -0.15) is 0 Å². The maximum Gasteiger partial charge on any atom is 0.255 e. The van der Waals surface area contributed by atoms with Gasteiger partial charge in [0.2, 0.25) is 0 Å². The molecule has 0 heterocycles. The van der Waals surface area contributed by atoms with Crippen LogP contribution in [0.5, 0.6) is 0 Å². The van der Waals surface area contributed by atoms with Crippen LogP contribution in [0.15, 0.2) is 33.2 Å². The Morgan fingerprint density at radius 1 is 1.00 bits per heavy atom. The number of rotatable bonds is 2. The molecule has 3 nitrogen and oxygen atoms in total. The van der Waals surface area contributed by atoms with Crippen molar-refractivity contribution in [3.05, 3.63) is 56.2 Å². The molecule has 0 fully saturated rings.